The summed E-state index contributed by atoms with van der Waals surface area (Å²) in [7, 11) is 0. The van der Waals surface area contributed by atoms with Crippen LogP contribution in [0.5, 0.6) is 0 Å². The Hall–Kier alpha value is -1.75. The number of carbonyl (C=O) groups is 3. The Morgan fingerprint density at radius 2 is 1.00 bits per heavy atom. The van der Waals surface area contributed by atoms with Gasteiger partial charge >= 0.3 is 19.5 Å². The van der Waals surface area contributed by atoms with Crippen LogP contribution >= 0.6 is 0 Å². The van der Waals surface area contributed by atoms with Gasteiger partial charge in [0, 0.05) is 0 Å². The quantitative estimate of drug-likeness (QED) is 0.264. The third-order valence-corrected chi connectivity index (χ3v) is 1.11. The number of hydrogen-bond acceptors (Lipinski definition) is 6. The van der Waals surface area contributed by atoms with E-state index in [9.17, 15) is 29.7 Å². The predicted octanol–water partition coefficient (Wildman–Crippen LogP) is -0.878. The summed E-state index contributed by atoms with van der Waals surface area (Å²) < 4.78 is 0. The van der Waals surface area contributed by atoms with Crippen LogP contribution in [0.15, 0.2) is 23.4 Å². The zero-order valence-electron chi connectivity index (χ0n) is 13.4. The van der Waals surface area contributed by atoms with Crippen LogP contribution in [0.1, 0.15) is 41.5 Å². The van der Waals surface area contributed by atoms with Crippen molar-refractivity contribution in [1.29, 1.82) is 0 Å². The van der Waals surface area contributed by atoms with Crippen molar-refractivity contribution in [3.05, 3.63) is 35.5 Å². The molecular formula is C15H19O6Rh-2. The van der Waals surface area contributed by atoms with Gasteiger partial charge in [0.2, 0.25) is 0 Å². The second-order valence-electron chi connectivity index (χ2n) is 3.84. The van der Waals surface area contributed by atoms with E-state index in [1.54, 1.807) is 0 Å². The molecule has 0 fully saturated rings. The normalized spacial score (nSPS) is 10.9. The number of rotatable bonds is 3. The van der Waals surface area contributed by atoms with Crippen LogP contribution in [0.4, 0.5) is 0 Å². The van der Waals surface area contributed by atoms with Crippen LogP contribution in [0, 0.1) is 12.2 Å². The second kappa shape index (κ2) is 17.3. The van der Waals surface area contributed by atoms with Crippen LogP contribution in [-0.4, -0.2) is 17.3 Å². The minimum atomic E-state index is -0.312. The minimum absolute atomic E-state index is 0. The number of ketones is 3. The molecule has 0 aliphatic carbocycles. The van der Waals surface area contributed by atoms with Crippen LogP contribution in [0.3, 0.4) is 0 Å². The summed E-state index contributed by atoms with van der Waals surface area (Å²) in [6.45, 7) is 7.87. The van der Waals surface area contributed by atoms with Gasteiger partial charge < -0.3 is 48.6 Å². The molecule has 0 N–H and O–H groups in total. The Bertz CT molecular complexity index is 368. The molecule has 0 unspecified atom stereocenters. The van der Waals surface area contributed by atoms with Gasteiger partial charge in [-0.1, -0.05) is 20.8 Å². The van der Waals surface area contributed by atoms with Crippen molar-refractivity contribution in [3.63, 3.8) is 0 Å². The van der Waals surface area contributed by atoms with E-state index in [0.717, 1.165) is 6.08 Å². The van der Waals surface area contributed by atoms with Gasteiger partial charge in [-0.3, -0.25) is 4.79 Å². The van der Waals surface area contributed by atoms with Crippen molar-refractivity contribution in [2.45, 2.75) is 41.5 Å². The SMILES string of the molecule is CC(=O)C=C(C)[O-].CC(=O)[C-]=C(C)[O-].CC(=O)[C-]=C(C)[O-].[Rh+3]. The number of carbonyl (C=O) groups excluding carboxylic acids is 3. The summed E-state index contributed by atoms with van der Waals surface area (Å²) in [5.41, 5.74) is 0. The Morgan fingerprint density at radius 3 is 1.00 bits per heavy atom. The molecule has 0 radical (unpaired) electrons. The van der Waals surface area contributed by atoms with Crippen LogP contribution in [-0.2, 0) is 33.9 Å². The maximum absolute atomic E-state index is 9.98. The Kier molecular flexibility index (Phi) is 22.4. The molecule has 0 aliphatic heterocycles. The van der Waals surface area contributed by atoms with E-state index in [4.69, 9.17) is 0 Å². The van der Waals surface area contributed by atoms with Crippen molar-refractivity contribution in [2.75, 3.05) is 0 Å². The van der Waals surface area contributed by atoms with Crippen LogP contribution in [0.2, 0.25) is 0 Å². The first-order valence-corrected chi connectivity index (χ1v) is 5.80. The molecule has 0 aromatic carbocycles. The zero-order chi connectivity index (χ0) is 17.6. The van der Waals surface area contributed by atoms with Gasteiger partial charge in [-0.25, -0.2) is 0 Å². The molecule has 0 amide bonds. The first-order chi connectivity index (χ1) is 9.38. The van der Waals surface area contributed by atoms with Gasteiger partial charge in [0.1, 0.15) is 0 Å². The van der Waals surface area contributed by atoms with Crippen molar-refractivity contribution in [1.82, 2.24) is 0 Å². The van der Waals surface area contributed by atoms with E-state index in [1.165, 1.54) is 41.5 Å². The van der Waals surface area contributed by atoms with E-state index in [2.05, 4.69) is 0 Å². The predicted molar refractivity (Wildman–Crippen MR) is 70.7 cm³/mol. The van der Waals surface area contributed by atoms with E-state index >= 15 is 0 Å². The summed E-state index contributed by atoms with van der Waals surface area (Å²) in [6, 6.07) is 0. The van der Waals surface area contributed by atoms with E-state index in [0.29, 0.717) is 0 Å². The third-order valence-electron chi connectivity index (χ3n) is 1.11. The van der Waals surface area contributed by atoms with Gasteiger partial charge in [-0.2, -0.15) is 0 Å². The third kappa shape index (κ3) is 51.7. The molecule has 0 rings (SSSR count). The van der Waals surface area contributed by atoms with Gasteiger partial charge in [0.05, 0.1) is 0 Å². The average Bonchev–Trinajstić information content (AvgIpc) is 2.10. The van der Waals surface area contributed by atoms with Crippen LogP contribution in [0.25, 0.3) is 0 Å². The summed E-state index contributed by atoms with van der Waals surface area (Å²) in [5.74, 6) is -1.62. The molecule has 6 nitrogen and oxygen atoms in total. The van der Waals surface area contributed by atoms with E-state index in [1.807, 2.05) is 12.2 Å². The molecule has 0 aliphatic rings. The van der Waals surface area contributed by atoms with Crippen molar-refractivity contribution >= 4 is 17.3 Å². The second-order valence-corrected chi connectivity index (χ2v) is 3.84. The van der Waals surface area contributed by atoms with E-state index in [-0.39, 0.29) is 54.1 Å². The number of Topliss-reactive ketones (excluding diaryl/α,β-unsaturated/α-hetero) is 2. The smallest absolute Gasteiger partial charge is 0.901 e. The maximum Gasteiger partial charge on any atom is 3.00 e. The van der Waals surface area contributed by atoms with Crippen molar-refractivity contribution in [2.24, 2.45) is 0 Å². The topological polar surface area (TPSA) is 120 Å². The Morgan fingerprint density at radius 1 is 0.727 bits per heavy atom. The molecule has 126 valence electrons. The van der Waals surface area contributed by atoms with Crippen molar-refractivity contribution in [3.8, 4) is 0 Å². The van der Waals surface area contributed by atoms with Gasteiger partial charge in [-0.15, -0.1) is 5.76 Å². The fourth-order valence-corrected chi connectivity index (χ4v) is 0.782. The molecule has 0 aromatic rings. The molecule has 0 saturated heterocycles. The standard InChI is InChI=1S/C5H8O2.2C5H7O2.Rh/c3*1-4(6)3-5(2)7;/h3,6H,1-2H3;2*6H,1-2H3;/q;2*-1;+3/p-3. The average molecular weight is 398 g/mol. The summed E-state index contributed by atoms with van der Waals surface area (Å²) in [6.07, 6.45) is 5.11. The van der Waals surface area contributed by atoms with Crippen LogP contribution < -0.4 is 15.3 Å². The van der Waals surface area contributed by atoms with Gasteiger partial charge in [0.15, 0.2) is 5.78 Å². The fourth-order valence-electron chi connectivity index (χ4n) is 0.782. The molecule has 0 saturated carbocycles. The fraction of sp³-hybridized carbons (Fsp3) is 0.400. The Balaban J connectivity index is -0.000000108. The monoisotopic (exact) mass is 398 g/mol. The summed E-state index contributed by atoms with van der Waals surface area (Å²) in [5, 5.41) is 29.8. The number of hydrogen-bond donors (Lipinski definition) is 0. The molecule has 0 bridgehead atoms. The molecule has 7 heteroatoms. The molecule has 0 aromatic heterocycles. The Labute approximate surface area is 144 Å². The van der Waals surface area contributed by atoms with Gasteiger partial charge in [-0.05, 0) is 38.4 Å². The first-order valence-electron chi connectivity index (χ1n) is 5.80. The van der Waals surface area contributed by atoms with Gasteiger partial charge in [0.25, 0.3) is 0 Å². The largest absolute Gasteiger partial charge is 3.00 e. The zero-order valence-corrected chi connectivity index (χ0v) is 15.0. The molecule has 0 atom stereocenters. The molecule has 0 spiro atoms. The molecule has 0 heterocycles. The molecule has 22 heavy (non-hydrogen) atoms. The minimum Gasteiger partial charge on any atom is -0.901 e. The molecular weight excluding hydrogens is 379 g/mol. The maximum atomic E-state index is 9.98. The summed E-state index contributed by atoms with van der Waals surface area (Å²) >= 11 is 0. The number of allylic oxidation sites excluding steroid dienone is 6. The van der Waals surface area contributed by atoms with E-state index < -0.39 is 0 Å². The first kappa shape index (κ1) is 28.4. The van der Waals surface area contributed by atoms with Crippen molar-refractivity contribution < 1.29 is 49.2 Å². The summed E-state index contributed by atoms with van der Waals surface area (Å²) in [4.78, 5) is 29.8.